The molecule has 1 fully saturated rings. The number of nitrogens with zero attached hydrogens (tertiary/aromatic N) is 4. The van der Waals surface area contributed by atoms with Crippen LogP contribution in [0.25, 0.3) is 0 Å². The summed E-state index contributed by atoms with van der Waals surface area (Å²) in [6.45, 7) is 2.72. The summed E-state index contributed by atoms with van der Waals surface area (Å²) < 4.78 is 5.46. The number of anilines is 1. The van der Waals surface area contributed by atoms with E-state index in [0.717, 1.165) is 48.0 Å². The fourth-order valence-electron chi connectivity index (χ4n) is 3.98. The number of amides is 1. The number of para-hydroxylation sites is 1. The van der Waals surface area contributed by atoms with Gasteiger partial charge in [0, 0.05) is 57.6 Å². The molecular weight excluding hydrogens is 519 g/mol. The van der Waals surface area contributed by atoms with Crippen molar-refractivity contribution in [3.63, 3.8) is 0 Å². The van der Waals surface area contributed by atoms with Gasteiger partial charge in [0.25, 0.3) is 0 Å². The Morgan fingerprint density at radius 1 is 1.31 bits per heavy atom. The van der Waals surface area contributed by atoms with E-state index in [1.807, 2.05) is 37.4 Å². The van der Waals surface area contributed by atoms with Gasteiger partial charge in [-0.2, -0.15) is 0 Å². The van der Waals surface area contributed by atoms with E-state index in [2.05, 4.69) is 31.2 Å². The molecule has 3 rings (SSSR count). The molecule has 1 aliphatic heterocycles. The van der Waals surface area contributed by atoms with Crippen LogP contribution in [0.4, 0.5) is 5.82 Å². The van der Waals surface area contributed by atoms with E-state index >= 15 is 0 Å². The third kappa shape index (κ3) is 6.47. The van der Waals surface area contributed by atoms with Crippen LogP contribution < -0.4 is 20.7 Å². The lowest BCUT2D eigenvalue weighted by molar-refractivity contribution is -0.122. The number of benzene rings is 1. The zero-order chi connectivity index (χ0) is 22.2. The monoisotopic (exact) mass is 552 g/mol. The molecule has 1 saturated heterocycles. The number of guanidine groups is 1. The molecule has 1 aliphatic rings. The maximum atomic E-state index is 11.7. The second-order valence-electron chi connectivity index (χ2n) is 7.74. The third-order valence-corrected chi connectivity index (χ3v) is 5.60. The van der Waals surface area contributed by atoms with Gasteiger partial charge in [0.1, 0.15) is 11.6 Å². The lowest BCUT2D eigenvalue weighted by atomic mass is 9.97. The number of nitrogens with one attached hydrogen (secondary N) is 1. The molecule has 0 radical (unpaired) electrons. The Hall–Kier alpha value is -2.56. The van der Waals surface area contributed by atoms with Crippen LogP contribution in [0.2, 0.25) is 0 Å². The lowest BCUT2D eigenvalue weighted by Crippen LogP contribution is -2.42. The third-order valence-electron chi connectivity index (χ3n) is 5.60. The van der Waals surface area contributed by atoms with E-state index in [1.54, 1.807) is 20.4 Å². The Labute approximate surface area is 207 Å². The van der Waals surface area contributed by atoms with Crippen LogP contribution in [0, 0.1) is 5.92 Å². The van der Waals surface area contributed by atoms with Gasteiger partial charge in [-0.1, -0.05) is 24.3 Å². The molecule has 1 atom stereocenters. The molecule has 3 N–H and O–H groups in total. The summed E-state index contributed by atoms with van der Waals surface area (Å²) >= 11 is 0. The highest BCUT2D eigenvalue weighted by Gasteiger charge is 2.26. The number of pyridine rings is 1. The molecular formula is C23H33IN6O2. The average Bonchev–Trinajstić information content (AvgIpc) is 2.80. The molecule has 1 unspecified atom stereocenters. The van der Waals surface area contributed by atoms with E-state index < -0.39 is 0 Å². The van der Waals surface area contributed by atoms with Crippen molar-refractivity contribution in [1.82, 2.24) is 15.2 Å². The minimum atomic E-state index is -0.237. The fraction of sp³-hybridized carbons (Fsp3) is 0.435. The Bertz CT molecular complexity index is 923. The van der Waals surface area contributed by atoms with Crippen LogP contribution in [-0.4, -0.2) is 56.0 Å². The van der Waals surface area contributed by atoms with Crippen LogP contribution in [0.1, 0.15) is 24.0 Å². The minimum Gasteiger partial charge on any atom is -0.496 e. The van der Waals surface area contributed by atoms with Crippen molar-refractivity contribution in [2.45, 2.75) is 25.9 Å². The van der Waals surface area contributed by atoms with Crippen molar-refractivity contribution in [2.24, 2.45) is 16.6 Å². The fourth-order valence-corrected chi connectivity index (χ4v) is 3.98. The highest BCUT2D eigenvalue weighted by Crippen LogP contribution is 2.24. The maximum Gasteiger partial charge on any atom is 0.222 e. The Kier molecular flexibility index (Phi) is 10.0. The zero-order valence-corrected chi connectivity index (χ0v) is 21.3. The quantitative estimate of drug-likeness (QED) is 0.312. The topological polar surface area (TPSA) is 96.1 Å². The summed E-state index contributed by atoms with van der Waals surface area (Å²) in [5, 5.41) is 3.43. The Morgan fingerprint density at radius 3 is 2.78 bits per heavy atom. The zero-order valence-electron chi connectivity index (χ0n) is 19.0. The molecule has 2 heterocycles. The van der Waals surface area contributed by atoms with Gasteiger partial charge in [-0.3, -0.25) is 9.79 Å². The van der Waals surface area contributed by atoms with Crippen LogP contribution in [0.5, 0.6) is 5.75 Å². The molecule has 2 aromatic rings. The van der Waals surface area contributed by atoms with Crippen molar-refractivity contribution in [1.29, 1.82) is 0 Å². The molecule has 1 amide bonds. The second kappa shape index (κ2) is 12.5. The summed E-state index contributed by atoms with van der Waals surface area (Å²) in [6, 6.07) is 11.9. The smallest absolute Gasteiger partial charge is 0.222 e. The van der Waals surface area contributed by atoms with Crippen molar-refractivity contribution >= 4 is 41.7 Å². The van der Waals surface area contributed by atoms with Gasteiger partial charge in [-0.25, -0.2) is 4.98 Å². The maximum absolute atomic E-state index is 11.7. The van der Waals surface area contributed by atoms with E-state index in [4.69, 9.17) is 10.5 Å². The number of aromatic nitrogens is 1. The summed E-state index contributed by atoms with van der Waals surface area (Å²) in [7, 11) is 5.44. The standard InChI is InChI=1S/C23H32N6O2.HI/c1-25-23(28(2)15-18-8-4-5-11-20(18)31-3)27-14-17-9-6-12-26-22(17)29-13-7-10-19(16-29)21(24)30;/h4-6,8-9,11-12,19H,7,10,13-16H2,1-3H3,(H2,24,30)(H,25,27);1H. The van der Waals surface area contributed by atoms with Crippen LogP contribution in [-0.2, 0) is 17.9 Å². The van der Waals surface area contributed by atoms with Gasteiger partial charge < -0.3 is 25.6 Å². The molecule has 32 heavy (non-hydrogen) atoms. The number of rotatable bonds is 7. The molecule has 1 aromatic carbocycles. The number of carbonyl (C=O) groups is 1. The molecule has 8 nitrogen and oxygen atoms in total. The molecule has 174 valence electrons. The number of halogens is 1. The average molecular weight is 552 g/mol. The number of ether oxygens (including phenoxy) is 1. The van der Waals surface area contributed by atoms with Crippen LogP contribution in [0.3, 0.4) is 0 Å². The molecule has 9 heteroatoms. The number of hydrogen-bond acceptors (Lipinski definition) is 5. The van der Waals surface area contributed by atoms with Crippen molar-refractivity contribution in [3.8, 4) is 5.75 Å². The first kappa shape index (κ1) is 25.7. The Balaban J connectivity index is 0.00000363. The van der Waals surface area contributed by atoms with Gasteiger partial charge in [-0.05, 0) is 25.0 Å². The lowest BCUT2D eigenvalue weighted by Gasteiger charge is -2.33. The number of aliphatic imine (C=N–C) groups is 1. The first-order chi connectivity index (χ1) is 15.0. The van der Waals surface area contributed by atoms with E-state index in [0.29, 0.717) is 19.6 Å². The predicted octanol–water partition coefficient (Wildman–Crippen LogP) is 2.62. The van der Waals surface area contributed by atoms with E-state index in [-0.39, 0.29) is 35.8 Å². The van der Waals surface area contributed by atoms with E-state index in [1.165, 1.54) is 0 Å². The van der Waals surface area contributed by atoms with Gasteiger partial charge in [0.2, 0.25) is 5.91 Å². The van der Waals surface area contributed by atoms with Crippen LogP contribution in [0.15, 0.2) is 47.6 Å². The van der Waals surface area contributed by atoms with Gasteiger partial charge in [0.05, 0.1) is 13.0 Å². The number of methoxy groups -OCH3 is 1. The number of piperidine rings is 1. The van der Waals surface area contributed by atoms with E-state index in [9.17, 15) is 4.79 Å². The van der Waals surface area contributed by atoms with Crippen molar-refractivity contribution < 1.29 is 9.53 Å². The summed E-state index contributed by atoms with van der Waals surface area (Å²) in [5.41, 5.74) is 7.69. The normalized spacial score (nSPS) is 16.2. The van der Waals surface area contributed by atoms with Gasteiger partial charge >= 0.3 is 0 Å². The molecule has 1 aromatic heterocycles. The number of nitrogens with two attached hydrogens (primary N) is 1. The van der Waals surface area contributed by atoms with Crippen molar-refractivity contribution in [3.05, 3.63) is 53.7 Å². The van der Waals surface area contributed by atoms with Gasteiger partial charge in [-0.15, -0.1) is 24.0 Å². The summed E-state index contributed by atoms with van der Waals surface area (Å²) in [4.78, 5) is 24.9. The van der Waals surface area contributed by atoms with Gasteiger partial charge in [0.15, 0.2) is 5.96 Å². The second-order valence-corrected chi connectivity index (χ2v) is 7.74. The minimum absolute atomic E-state index is 0. The first-order valence-corrected chi connectivity index (χ1v) is 10.5. The SMILES string of the molecule is CN=C(NCc1cccnc1N1CCCC(C(N)=O)C1)N(C)Cc1ccccc1OC.I. The highest BCUT2D eigenvalue weighted by atomic mass is 127. The van der Waals surface area contributed by atoms with Crippen molar-refractivity contribution in [2.75, 3.05) is 39.2 Å². The molecule has 0 bridgehead atoms. The first-order valence-electron chi connectivity index (χ1n) is 10.5. The highest BCUT2D eigenvalue weighted by molar-refractivity contribution is 14.0. The summed E-state index contributed by atoms with van der Waals surface area (Å²) in [5.74, 6) is 2.15. The summed E-state index contributed by atoms with van der Waals surface area (Å²) in [6.07, 6.45) is 3.56. The largest absolute Gasteiger partial charge is 0.496 e. The van der Waals surface area contributed by atoms with Crippen LogP contribution >= 0.6 is 24.0 Å². The molecule has 0 saturated carbocycles. The number of hydrogen-bond donors (Lipinski definition) is 2. The Morgan fingerprint density at radius 2 is 2.06 bits per heavy atom. The molecule has 0 spiro atoms. The predicted molar refractivity (Wildman–Crippen MR) is 138 cm³/mol. The number of carbonyl (C=O) groups excluding carboxylic acids is 1. The number of primary amides is 1. The molecule has 0 aliphatic carbocycles.